The van der Waals surface area contributed by atoms with Gasteiger partial charge in [-0.25, -0.2) is 0 Å². The summed E-state index contributed by atoms with van der Waals surface area (Å²) < 4.78 is 37.1. The molecular formula is C13H8Cl2F3N. The van der Waals surface area contributed by atoms with Gasteiger partial charge in [-0.15, -0.1) is 11.6 Å². The van der Waals surface area contributed by atoms with Crippen molar-refractivity contribution in [3.8, 4) is 0 Å². The molecule has 0 saturated carbocycles. The number of alkyl halides is 4. The van der Waals surface area contributed by atoms with Gasteiger partial charge in [-0.2, -0.15) is 13.2 Å². The number of nitrogens with zero attached hydrogens (tertiary/aromatic N) is 1. The van der Waals surface area contributed by atoms with Crippen molar-refractivity contribution < 1.29 is 13.2 Å². The molecule has 2 rings (SSSR count). The third-order valence-corrected chi connectivity index (χ3v) is 3.29. The molecule has 0 N–H and O–H groups in total. The number of pyridine rings is 1. The minimum Gasteiger partial charge on any atom is -0.251 e. The van der Waals surface area contributed by atoms with E-state index in [1.165, 1.54) is 6.07 Å². The van der Waals surface area contributed by atoms with Crippen LogP contribution in [0.4, 0.5) is 13.2 Å². The molecule has 100 valence electrons. The first kappa shape index (κ1) is 14.2. The summed E-state index contributed by atoms with van der Waals surface area (Å²) in [4.78, 5) is 3.38. The lowest BCUT2D eigenvalue weighted by Gasteiger charge is -2.11. The summed E-state index contributed by atoms with van der Waals surface area (Å²) in [5, 5.41) is 0.00483. The van der Waals surface area contributed by atoms with Crippen LogP contribution in [0.5, 0.6) is 0 Å². The van der Waals surface area contributed by atoms with Crippen LogP contribution in [-0.4, -0.2) is 4.98 Å². The molecule has 1 heterocycles. The van der Waals surface area contributed by atoms with E-state index in [0.717, 1.165) is 17.8 Å². The Morgan fingerprint density at radius 2 is 1.53 bits per heavy atom. The molecule has 19 heavy (non-hydrogen) atoms. The van der Waals surface area contributed by atoms with E-state index in [9.17, 15) is 13.2 Å². The van der Waals surface area contributed by atoms with Gasteiger partial charge in [0.25, 0.3) is 0 Å². The Hall–Kier alpha value is -1.26. The fraction of sp³-hybridized carbons (Fsp3) is 0.154. The highest BCUT2D eigenvalue weighted by Crippen LogP contribution is 2.32. The van der Waals surface area contributed by atoms with Crippen LogP contribution in [0.2, 0.25) is 5.02 Å². The van der Waals surface area contributed by atoms with E-state index in [0.29, 0.717) is 10.6 Å². The Balaban J connectivity index is 2.25. The van der Waals surface area contributed by atoms with Gasteiger partial charge in [0.2, 0.25) is 0 Å². The summed E-state index contributed by atoms with van der Waals surface area (Å²) in [6.07, 6.45) is -3.31. The molecule has 1 nitrogen and oxygen atoms in total. The van der Waals surface area contributed by atoms with Crippen molar-refractivity contribution in [2.24, 2.45) is 0 Å². The predicted molar refractivity (Wildman–Crippen MR) is 68.4 cm³/mol. The molecule has 0 aliphatic heterocycles. The Morgan fingerprint density at radius 1 is 0.947 bits per heavy atom. The van der Waals surface area contributed by atoms with Crippen molar-refractivity contribution in [2.45, 2.75) is 11.6 Å². The van der Waals surface area contributed by atoms with Gasteiger partial charge >= 0.3 is 6.18 Å². The molecule has 0 fully saturated rings. The van der Waals surface area contributed by atoms with Crippen molar-refractivity contribution >= 4 is 23.2 Å². The quantitative estimate of drug-likeness (QED) is 0.705. The minimum atomic E-state index is -4.44. The molecular weight excluding hydrogens is 298 g/mol. The number of aromatic nitrogens is 1. The van der Waals surface area contributed by atoms with E-state index >= 15 is 0 Å². The largest absolute Gasteiger partial charge is 0.433 e. The first-order valence-electron chi connectivity index (χ1n) is 5.30. The Bertz CT molecular complexity index is 550. The van der Waals surface area contributed by atoms with Gasteiger partial charge in [0.05, 0.1) is 5.38 Å². The van der Waals surface area contributed by atoms with Crippen LogP contribution in [-0.2, 0) is 6.18 Å². The molecule has 0 bridgehead atoms. The van der Waals surface area contributed by atoms with Gasteiger partial charge in [0, 0.05) is 11.2 Å². The van der Waals surface area contributed by atoms with Gasteiger partial charge in [-0.3, -0.25) is 4.98 Å². The Labute approximate surface area is 118 Å². The highest BCUT2D eigenvalue weighted by molar-refractivity contribution is 6.30. The zero-order valence-electron chi connectivity index (χ0n) is 9.46. The van der Waals surface area contributed by atoms with Gasteiger partial charge in [0.1, 0.15) is 5.69 Å². The number of rotatable bonds is 2. The van der Waals surface area contributed by atoms with Gasteiger partial charge in [0.15, 0.2) is 0 Å². The van der Waals surface area contributed by atoms with Crippen LogP contribution >= 0.6 is 23.2 Å². The van der Waals surface area contributed by atoms with E-state index < -0.39 is 17.2 Å². The average molecular weight is 306 g/mol. The molecule has 2 aromatic rings. The molecule has 6 heteroatoms. The second-order valence-electron chi connectivity index (χ2n) is 3.89. The van der Waals surface area contributed by atoms with Crippen LogP contribution < -0.4 is 0 Å². The van der Waals surface area contributed by atoms with Gasteiger partial charge in [-0.1, -0.05) is 29.8 Å². The first-order chi connectivity index (χ1) is 8.88. The van der Waals surface area contributed by atoms with Gasteiger partial charge < -0.3 is 0 Å². The number of benzene rings is 1. The van der Waals surface area contributed by atoms with Crippen molar-refractivity contribution in [1.82, 2.24) is 4.98 Å². The number of hydrogen-bond donors (Lipinski definition) is 0. The highest BCUT2D eigenvalue weighted by Gasteiger charge is 2.32. The molecule has 1 atom stereocenters. The average Bonchev–Trinajstić information content (AvgIpc) is 2.38. The molecule has 0 aliphatic carbocycles. The summed E-state index contributed by atoms with van der Waals surface area (Å²) in [5.41, 5.74) is 0.306. The molecule has 0 aliphatic rings. The molecule has 1 aromatic carbocycles. The molecule has 1 aromatic heterocycles. The van der Waals surface area contributed by atoms with E-state index in [1.807, 2.05) is 0 Å². The van der Waals surface area contributed by atoms with Crippen molar-refractivity contribution in [3.05, 3.63) is 64.4 Å². The second-order valence-corrected chi connectivity index (χ2v) is 4.76. The van der Waals surface area contributed by atoms with Crippen molar-refractivity contribution in [1.29, 1.82) is 0 Å². The van der Waals surface area contributed by atoms with E-state index in [-0.39, 0.29) is 0 Å². The van der Waals surface area contributed by atoms with Gasteiger partial charge in [-0.05, 0) is 29.3 Å². The van der Waals surface area contributed by atoms with Crippen molar-refractivity contribution in [3.63, 3.8) is 0 Å². The number of hydrogen-bond acceptors (Lipinski definition) is 1. The topological polar surface area (TPSA) is 12.9 Å². The SMILES string of the molecule is FC(F)(F)c1ccc(C(Cl)c2ccc(Cl)cc2)cn1. The van der Waals surface area contributed by atoms with E-state index in [2.05, 4.69) is 4.98 Å². The first-order valence-corrected chi connectivity index (χ1v) is 6.12. The maximum atomic E-state index is 12.4. The van der Waals surface area contributed by atoms with E-state index in [1.54, 1.807) is 24.3 Å². The fourth-order valence-electron chi connectivity index (χ4n) is 1.55. The molecule has 0 saturated heterocycles. The lowest BCUT2D eigenvalue weighted by molar-refractivity contribution is -0.141. The summed E-state index contributed by atoms with van der Waals surface area (Å²) in [6.45, 7) is 0. The Kier molecular flexibility index (Phi) is 4.02. The Morgan fingerprint density at radius 3 is 2.00 bits per heavy atom. The highest BCUT2D eigenvalue weighted by atomic mass is 35.5. The van der Waals surface area contributed by atoms with Crippen LogP contribution in [0.1, 0.15) is 22.2 Å². The predicted octanol–water partition coefficient (Wildman–Crippen LogP) is 5.08. The summed E-state index contributed by atoms with van der Waals surface area (Å²) in [5.74, 6) is 0. The standard InChI is InChI=1S/C13H8Cl2F3N/c14-10-4-1-8(2-5-10)12(15)9-3-6-11(19-7-9)13(16,17)18/h1-7,12H. The molecule has 1 unspecified atom stereocenters. The summed E-state index contributed by atoms with van der Waals surface area (Å²) in [7, 11) is 0. The van der Waals surface area contributed by atoms with Crippen molar-refractivity contribution in [2.75, 3.05) is 0 Å². The number of halogens is 5. The normalized spacial score (nSPS) is 13.3. The second kappa shape index (κ2) is 5.39. The van der Waals surface area contributed by atoms with Crippen LogP contribution in [0, 0.1) is 0 Å². The monoisotopic (exact) mass is 305 g/mol. The fourth-order valence-corrected chi connectivity index (χ4v) is 1.95. The lowest BCUT2D eigenvalue weighted by atomic mass is 10.1. The molecule has 0 amide bonds. The minimum absolute atomic E-state index is 0.497. The third-order valence-electron chi connectivity index (χ3n) is 2.53. The molecule has 0 radical (unpaired) electrons. The summed E-state index contributed by atoms with van der Waals surface area (Å²) >= 11 is 11.9. The maximum Gasteiger partial charge on any atom is 0.433 e. The van der Waals surface area contributed by atoms with E-state index in [4.69, 9.17) is 23.2 Å². The smallest absolute Gasteiger partial charge is 0.251 e. The zero-order chi connectivity index (χ0) is 14.0. The van der Waals surface area contributed by atoms with Crippen LogP contribution in [0.25, 0.3) is 0 Å². The maximum absolute atomic E-state index is 12.4. The summed E-state index contributed by atoms with van der Waals surface area (Å²) in [6, 6.07) is 9.02. The van der Waals surface area contributed by atoms with Crippen LogP contribution in [0.3, 0.4) is 0 Å². The third kappa shape index (κ3) is 3.39. The lowest BCUT2D eigenvalue weighted by Crippen LogP contribution is -2.08. The zero-order valence-corrected chi connectivity index (χ0v) is 11.0. The van der Waals surface area contributed by atoms with Crippen LogP contribution in [0.15, 0.2) is 42.6 Å². The molecule has 0 spiro atoms.